The van der Waals surface area contributed by atoms with Gasteiger partial charge in [0, 0.05) is 32.7 Å². The van der Waals surface area contributed by atoms with Crippen LogP contribution in [0.2, 0.25) is 5.02 Å². The van der Waals surface area contributed by atoms with E-state index in [2.05, 4.69) is 19.8 Å². The zero-order chi connectivity index (χ0) is 15.2. The van der Waals surface area contributed by atoms with Crippen molar-refractivity contribution in [1.82, 2.24) is 14.9 Å². The number of rotatable bonds is 5. The number of ether oxygens (including phenoxy) is 1. The van der Waals surface area contributed by atoms with Crippen LogP contribution in [-0.2, 0) is 0 Å². The van der Waals surface area contributed by atoms with Gasteiger partial charge in [-0.1, -0.05) is 29.8 Å². The lowest BCUT2D eigenvalue weighted by molar-refractivity contribution is 0.200. The number of hydrogen-bond acceptors (Lipinski definition) is 5. The highest BCUT2D eigenvalue weighted by atomic mass is 35.5. The molecule has 3 rings (SSSR count). The molecule has 0 amide bonds. The van der Waals surface area contributed by atoms with Gasteiger partial charge in [0.25, 0.3) is 0 Å². The van der Waals surface area contributed by atoms with E-state index < -0.39 is 0 Å². The standard InChI is InChI=1S/C16H19ClN4O/c17-15-12-18-13-19-16(15)21-8-6-20(7-9-21)10-11-22-14-4-2-1-3-5-14/h1-5,12-13H,6-11H2. The smallest absolute Gasteiger partial charge is 0.150 e. The van der Waals surface area contributed by atoms with Gasteiger partial charge in [0.15, 0.2) is 5.82 Å². The summed E-state index contributed by atoms with van der Waals surface area (Å²) in [5.74, 6) is 1.76. The van der Waals surface area contributed by atoms with Crippen LogP contribution < -0.4 is 9.64 Å². The maximum absolute atomic E-state index is 6.15. The van der Waals surface area contributed by atoms with Crippen molar-refractivity contribution in [2.24, 2.45) is 0 Å². The molecular weight excluding hydrogens is 300 g/mol. The second-order valence-electron chi connectivity index (χ2n) is 5.18. The zero-order valence-electron chi connectivity index (χ0n) is 12.4. The third-order valence-electron chi connectivity index (χ3n) is 3.74. The first-order chi connectivity index (χ1) is 10.8. The van der Waals surface area contributed by atoms with Crippen molar-refractivity contribution in [2.75, 3.05) is 44.2 Å². The summed E-state index contributed by atoms with van der Waals surface area (Å²) in [6, 6.07) is 9.92. The molecule has 2 aromatic rings. The molecule has 1 saturated heterocycles. The molecule has 1 aromatic heterocycles. The second kappa shape index (κ2) is 7.42. The first-order valence-electron chi connectivity index (χ1n) is 7.43. The molecule has 0 N–H and O–H groups in total. The van der Waals surface area contributed by atoms with Gasteiger partial charge in [-0.2, -0.15) is 0 Å². The molecule has 5 nitrogen and oxygen atoms in total. The lowest BCUT2D eigenvalue weighted by Crippen LogP contribution is -2.47. The minimum absolute atomic E-state index is 0.614. The van der Waals surface area contributed by atoms with Crippen molar-refractivity contribution >= 4 is 17.4 Å². The topological polar surface area (TPSA) is 41.5 Å². The fourth-order valence-corrected chi connectivity index (χ4v) is 2.76. The van der Waals surface area contributed by atoms with Crippen LogP contribution in [0.4, 0.5) is 5.82 Å². The highest BCUT2D eigenvalue weighted by Crippen LogP contribution is 2.22. The molecule has 0 saturated carbocycles. The Morgan fingerprint density at radius 1 is 1.09 bits per heavy atom. The number of para-hydroxylation sites is 1. The molecule has 0 atom stereocenters. The van der Waals surface area contributed by atoms with Crippen LogP contribution in [0, 0.1) is 0 Å². The second-order valence-corrected chi connectivity index (χ2v) is 5.59. The quantitative estimate of drug-likeness (QED) is 0.846. The van der Waals surface area contributed by atoms with E-state index in [-0.39, 0.29) is 0 Å². The summed E-state index contributed by atoms with van der Waals surface area (Å²) in [6.07, 6.45) is 3.19. The normalized spacial score (nSPS) is 15.8. The van der Waals surface area contributed by atoms with Gasteiger partial charge in [-0.05, 0) is 12.1 Å². The van der Waals surface area contributed by atoms with E-state index in [4.69, 9.17) is 16.3 Å². The monoisotopic (exact) mass is 318 g/mol. The van der Waals surface area contributed by atoms with Crippen LogP contribution in [0.3, 0.4) is 0 Å². The maximum Gasteiger partial charge on any atom is 0.150 e. The van der Waals surface area contributed by atoms with E-state index in [0.717, 1.165) is 44.3 Å². The van der Waals surface area contributed by atoms with Crippen LogP contribution in [0.15, 0.2) is 42.9 Å². The minimum Gasteiger partial charge on any atom is -0.492 e. The third-order valence-corrected chi connectivity index (χ3v) is 4.01. The molecule has 0 aliphatic carbocycles. The molecular formula is C16H19ClN4O. The number of hydrogen-bond donors (Lipinski definition) is 0. The molecule has 0 radical (unpaired) electrons. The van der Waals surface area contributed by atoms with Crippen LogP contribution in [0.1, 0.15) is 0 Å². The molecule has 0 bridgehead atoms. The Labute approximate surface area is 135 Å². The first kappa shape index (κ1) is 15.1. The van der Waals surface area contributed by atoms with Gasteiger partial charge in [-0.15, -0.1) is 0 Å². The van der Waals surface area contributed by atoms with Gasteiger partial charge < -0.3 is 9.64 Å². The SMILES string of the molecule is Clc1cncnc1N1CCN(CCOc2ccccc2)CC1. The largest absolute Gasteiger partial charge is 0.492 e. The summed E-state index contributed by atoms with van der Waals surface area (Å²) >= 11 is 6.15. The number of halogens is 1. The summed E-state index contributed by atoms with van der Waals surface area (Å²) in [7, 11) is 0. The lowest BCUT2D eigenvalue weighted by Gasteiger charge is -2.35. The molecule has 22 heavy (non-hydrogen) atoms. The van der Waals surface area contributed by atoms with E-state index in [0.29, 0.717) is 11.6 Å². The van der Waals surface area contributed by atoms with Gasteiger partial charge in [-0.3, -0.25) is 4.90 Å². The van der Waals surface area contributed by atoms with Crippen LogP contribution in [-0.4, -0.2) is 54.2 Å². The predicted octanol–water partition coefficient (Wildman–Crippen LogP) is 2.33. The Balaban J connectivity index is 1.43. The number of nitrogens with zero attached hydrogens (tertiary/aromatic N) is 4. The van der Waals surface area contributed by atoms with Crippen molar-refractivity contribution in [3.63, 3.8) is 0 Å². The Morgan fingerprint density at radius 2 is 1.86 bits per heavy atom. The third kappa shape index (κ3) is 3.87. The predicted molar refractivity (Wildman–Crippen MR) is 87.6 cm³/mol. The fourth-order valence-electron chi connectivity index (χ4n) is 2.53. The van der Waals surface area contributed by atoms with Crippen molar-refractivity contribution in [1.29, 1.82) is 0 Å². The van der Waals surface area contributed by atoms with Crippen molar-refractivity contribution < 1.29 is 4.74 Å². The van der Waals surface area contributed by atoms with Gasteiger partial charge in [0.1, 0.15) is 23.7 Å². The molecule has 1 aliphatic heterocycles. The molecule has 1 fully saturated rings. The van der Waals surface area contributed by atoms with Crippen molar-refractivity contribution in [2.45, 2.75) is 0 Å². The highest BCUT2D eigenvalue weighted by Gasteiger charge is 2.19. The van der Waals surface area contributed by atoms with Crippen LogP contribution in [0.5, 0.6) is 5.75 Å². The van der Waals surface area contributed by atoms with Gasteiger partial charge in [-0.25, -0.2) is 9.97 Å². The van der Waals surface area contributed by atoms with E-state index in [1.54, 1.807) is 12.5 Å². The minimum atomic E-state index is 0.614. The molecule has 0 unspecified atom stereocenters. The Morgan fingerprint density at radius 3 is 2.59 bits per heavy atom. The summed E-state index contributed by atoms with van der Waals surface area (Å²) in [5, 5.41) is 0.614. The molecule has 1 aliphatic rings. The molecule has 6 heteroatoms. The summed E-state index contributed by atoms with van der Waals surface area (Å²) in [5.41, 5.74) is 0. The van der Waals surface area contributed by atoms with E-state index in [1.807, 2.05) is 30.3 Å². The Bertz CT molecular complexity index is 588. The van der Waals surface area contributed by atoms with Gasteiger partial charge in [0.2, 0.25) is 0 Å². The van der Waals surface area contributed by atoms with E-state index in [9.17, 15) is 0 Å². The number of anilines is 1. The Hall–Kier alpha value is -1.85. The zero-order valence-corrected chi connectivity index (χ0v) is 13.1. The van der Waals surface area contributed by atoms with Crippen molar-refractivity contribution in [3.8, 4) is 5.75 Å². The van der Waals surface area contributed by atoms with Crippen LogP contribution in [0.25, 0.3) is 0 Å². The average Bonchev–Trinajstić information content (AvgIpc) is 2.57. The maximum atomic E-state index is 6.15. The summed E-state index contributed by atoms with van der Waals surface area (Å²) < 4.78 is 5.74. The van der Waals surface area contributed by atoms with E-state index >= 15 is 0 Å². The number of aromatic nitrogens is 2. The van der Waals surface area contributed by atoms with Gasteiger partial charge in [0.05, 0.1) is 6.20 Å². The molecule has 2 heterocycles. The first-order valence-corrected chi connectivity index (χ1v) is 7.81. The summed E-state index contributed by atoms with van der Waals surface area (Å²) in [4.78, 5) is 12.8. The number of piperazine rings is 1. The number of benzene rings is 1. The summed E-state index contributed by atoms with van der Waals surface area (Å²) in [6.45, 7) is 5.44. The molecule has 0 spiro atoms. The Kier molecular flexibility index (Phi) is 5.08. The highest BCUT2D eigenvalue weighted by molar-refractivity contribution is 6.32. The average molecular weight is 319 g/mol. The fraction of sp³-hybridized carbons (Fsp3) is 0.375. The molecule has 116 valence electrons. The van der Waals surface area contributed by atoms with Crippen molar-refractivity contribution in [3.05, 3.63) is 47.9 Å². The van der Waals surface area contributed by atoms with E-state index in [1.165, 1.54) is 0 Å². The lowest BCUT2D eigenvalue weighted by atomic mass is 10.3. The molecule has 1 aromatic carbocycles. The van der Waals surface area contributed by atoms with Crippen LogP contribution >= 0.6 is 11.6 Å². The van der Waals surface area contributed by atoms with Gasteiger partial charge >= 0.3 is 0 Å².